The van der Waals surface area contributed by atoms with Crippen molar-refractivity contribution in [1.29, 1.82) is 0 Å². The Morgan fingerprint density at radius 3 is 1.64 bits per heavy atom. The van der Waals surface area contributed by atoms with Crippen molar-refractivity contribution in [3.63, 3.8) is 0 Å². The molecule has 0 atom stereocenters. The summed E-state index contributed by atoms with van der Waals surface area (Å²) >= 11 is 0. The summed E-state index contributed by atoms with van der Waals surface area (Å²) in [6, 6.07) is 28.8. The molecule has 0 aliphatic carbocycles. The molecule has 0 fully saturated rings. The Morgan fingerprint density at radius 2 is 1.14 bits per heavy atom. The van der Waals surface area contributed by atoms with Gasteiger partial charge in [-0.05, 0) is 16.7 Å². The van der Waals surface area contributed by atoms with Gasteiger partial charge in [0.2, 0.25) is 0 Å². The normalized spacial score (nSPS) is 10.9. The minimum atomic E-state index is -0.345. The Balaban J connectivity index is 2.01. The molecule has 0 saturated carbocycles. The predicted octanol–water partition coefficient (Wildman–Crippen LogP) is 3.85. The van der Waals surface area contributed by atoms with Crippen LogP contribution in [-0.4, -0.2) is 9.13 Å². The molecule has 4 rings (SSSR count). The van der Waals surface area contributed by atoms with Crippen LogP contribution in [0, 0.1) is 0 Å². The van der Waals surface area contributed by atoms with Gasteiger partial charge in [-0.1, -0.05) is 91.0 Å². The first kappa shape index (κ1) is 17.7. The zero-order valence-electron chi connectivity index (χ0n) is 15.5. The molecular weight excluding hydrogens is 348 g/mol. The number of hydrogen-bond donors (Lipinski definition) is 0. The van der Waals surface area contributed by atoms with E-state index in [4.69, 9.17) is 0 Å². The molecule has 3 aromatic carbocycles. The molecule has 0 unspecified atom stereocenters. The molecule has 0 N–H and O–H groups in total. The van der Waals surface area contributed by atoms with Gasteiger partial charge < -0.3 is 0 Å². The molecule has 0 amide bonds. The molecule has 1 heterocycles. The Labute approximate surface area is 163 Å². The van der Waals surface area contributed by atoms with Crippen LogP contribution in [0.15, 0.2) is 107 Å². The SMILES string of the molecule is Cn1c(=O)c(-c2ccccc2)cn(C(c2ccccc2)c2ccccc2)c1=O. The van der Waals surface area contributed by atoms with Crippen molar-refractivity contribution in [1.82, 2.24) is 9.13 Å². The van der Waals surface area contributed by atoms with Gasteiger partial charge in [-0.15, -0.1) is 0 Å². The lowest BCUT2D eigenvalue weighted by Crippen LogP contribution is -2.40. The third-order valence-electron chi connectivity index (χ3n) is 4.90. The summed E-state index contributed by atoms with van der Waals surface area (Å²) in [6.07, 6.45) is 1.69. The van der Waals surface area contributed by atoms with E-state index < -0.39 is 0 Å². The zero-order chi connectivity index (χ0) is 19.5. The minimum Gasteiger partial charge on any atom is -0.288 e. The van der Waals surface area contributed by atoms with Crippen LogP contribution in [0.4, 0.5) is 0 Å². The van der Waals surface area contributed by atoms with Crippen molar-refractivity contribution in [3.8, 4) is 11.1 Å². The van der Waals surface area contributed by atoms with Crippen molar-refractivity contribution in [2.45, 2.75) is 6.04 Å². The summed E-state index contributed by atoms with van der Waals surface area (Å²) in [5.41, 5.74) is 2.60. The van der Waals surface area contributed by atoms with Gasteiger partial charge in [0.05, 0.1) is 11.6 Å². The lowest BCUT2D eigenvalue weighted by molar-refractivity contribution is 0.586. The molecule has 4 nitrogen and oxygen atoms in total. The standard InChI is InChI=1S/C24H20N2O2/c1-25-23(27)21(18-11-5-2-6-12-18)17-26(24(25)28)22(19-13-7-3-8-14-19)20-15-9-4-10-16-20/h2-17,22H,1H3. The minimum absolute atomic E-state index is 0.299. The lowest BCUT2D eigenvalue weighted by Gasteiger charge is -2.22. The first-order chi connectivity index (χ1) is 13.7. The number of nitrogens with zero attached hydrogens (tertiary/aromatic N) is 2. The monoisotopic (exact) mass is 368 g/mol. The van der Waals surface area contributed by atoms with Gasteiger partial charge in [-0.25, -0.2) is 4.79 Å². The van der Waals surface area contributed by atoms with E-state index >= 15 is 0 Å². The van der Waals surface area contributed by atoms with E-state index in [1.54, 1.807) is 10.8 Å². The first-order valence-electron chi connectivity index (χ1n) is 9.14. The summed E-state index contributed by atoms with van der Waals surface area (Å²) in [6.45, 7) is 0. The van der Waals surface area contributed by atoms with Crippen LogP contribution < -0.4 is 11.2 Å². The Hall–Kier alpha value is -3.66. The fourth-order valence-electron chi connectivity index (χ4n) is 3.48. The van der Waals surface area contributed by atoms with E-state index in [9.17, 15) is 9.59 Å². The van der Waals surface area contributed by atoms with Crippen LogP contribution in [0.3, 0.4) is 0 Å². The predicted molar refractivity (Wildman–Crippen MR) is 112 cm³/mol. The van der Waals surface area contributed by atoms with E-state index in [-0.39, 0.29) is 17.3 Å². The maximum Gasteiger partial charge on any atom is 0.331 e. The van der Waals surface area contributed by atoms with Gasteiger partial charge in [0, 0.05) is 13.2 Å². The topological polar surface area (TPSA) is 44.0 Å². The van der Waals surface area contributed by atoms with Crippen molar-refractivity contribution in [3.05, 3.63) is 129 Å². The molecule has 0 bridgehead atoms. The van der Waals surface area contributed by atoms with Gasteiger partial charge in [0.1, 0.15) is 0 Å². The highest BCUT2D eigenvalue weighted by molar-refractivity contribution is 5.61. The van der Waals surface area contributed by atoms with E-state index in [0.29, 0.717) is 5.56 Å². The number of hydrogen-bond acceptors (Lipinski definition) is 2. The fourth-order valence-corrected chi connectivity index (χ4v) is 3.48. The molecule has 0 aliphatic rings. The smallest absolute Gasteiger partial charge is 0.288 e. The molecule has 0 spiro atoms. The maximum absolute atomic E-state index is 13.1. The van der Waals surface area contributed by atoms with Crippen LogP contribution in [0.25, 0.3) is 11.1 Å². The highest BCUT2D eigenvalue weighted by atomic mass is 16.2. The van der Waals surface area contributed by atoms with E-state index in [0.717, 1.165) is 16.7 Å². The van der Waals surface area contributed by atoms with Crippen LogP contribution in [0.1, 0.15) is 17.2 Å². The Bertz CT molecular complexity index is 1150. The molecule has 1 aromatic heterocycles. The second-order valence-corrected chi connectivity index (χ2v) is 6.69. The quantitative estimate of drug-likeness (QED) is 0.549. The number of rotatable bonds is 4. The van der Waals surface area contributed by atoms with Crippen molar-refractivity contribution in [2.24, 2.45) is 7.05 Å². The highest BCUT2D eigenvalue weighted by Crippen LogP contribution is 2.26. The second-order valence-electron chi connectivity index (χ2n) is 6.69. The van der Waals surface area contributed by atoms with E-state index in [2.05, 4.69) is 0 Å². The van der Waals surface area contributed by atoms with E-state index in [1.807, 2.05) is 91.0 Å². The van der Waals surface area contributed by atoms with Gasteiger partial charge in [-0.2, -0.15) is 0 Å². The largest absolute Gasteiger partial charge is 0.331 e. The van der Waals surface area contributed by atoms with Gasteiger partial charge in [0.15, 0.2) is 0 Å². The van der Waals surface area contributed by atoms with E-state index in [1.165, 1.54) is 11.6 Å². The Kier molecular flexibility index (Phi) is 4.77. The summed E-state index contributed by atoms with van der Waals surface area (Å²) in [4.78, 5) is 25.9. The van der Waals surface area contributed by atoms with Crippen LogP contribution in [0.5, 0.6) is 0 Å². The number of benzene rings is 3. The van der Waals surface area contributed by atoms with Crippen molar-refractivity contribution in [2.75, 3.05) is 0 Å². The Morgan fingerprint density at radius 1 is 0.679 bits per heavy atom. The third kappa shape index (κ3) is 3.21. The zero-order valence-corrected chi connectivity index (χ0v) is 15.5. The van der Waals surface area contributed by atoms with Gasteiger partial charge in [0.25, 0.3) is 5.56 Å². The summed E-state index contributed by atoms with van der Waals surface area (Å²) in [7, 11) is 1.53. The van der Waals surface area contributed by atoms with Gasteiger partial charge >= 0.3 is 5.69 Å². The molecule has 28 heavy (non-hydrogen) atoms. The summed E-state index contributed by atoms with van der Waals surface area (Å²) in [5, 5.41) is 0. The fraction of sp³-hybridized carbons (Fsp3) is 0.0833. The first-order valence-corrected chi connectivity index (χ1v) is 9.14. The summed E-state index contributed by atoms with van der Waals surface area (Å²) < 4.78 is 2.83. The van der Waals surface area contributed by atoms with Crippen molar-refractivity contribution >= 4 is 0 Å². The van der Waals surface area contributed by atoms with Gasteiger partial charge in [-0.3, -0.25) is 13.9 Å². The third-order valence-corrected chi connectivity index (χ3v) is 4.90. The average Bonchev–Trinajstić information content (AvgIpc) is 2.76. The maximum atomic E-state index is 13.1. The van der Waals surface area contributed by atoms with Crippen molar-refractivity contribution < 1.29 is 0 Å². The van der Waals surface area contributed by atoms with Crippen LogP contribution in [0.2, 0.25) is 0 Å². The molecule has 4 heteroatoms. The lowest BCUT2D eigenvalue weighted by atomic mass is 9.98. The molecular formula is C24H20N2O2. The van der Waals surface area contributed by atoms with Crippen LogP contribution >= 0.6 is 0 Å². The molecule has 0 aliphatic heterocycles. The molecule has 138 valence electrons. The average molecular weight is 368 g/mol. The molecule has 4 aromatic rings. The van der Waals surface area contributed by atoms with Crippen LogP contribution in [-0.2, 0) is 7.05 Å². The number of aromatic nitrogens is 2. The molecule has 0 saturated heterocycles. The summed E-state index contributed by atoms with van der Waals surface area (Å²) in [5.74, 6) is 0. The second kappa shape index (κ2) is 7.53. The highest BCUT2D eigenvalue weighted by Gasteiger charge is 2.20. The molecule has 0 radical (unpaired) electrons.